The molecule has 0 N–H and O–H groups in total. The smallest absolute Gasteiger partial charge is 0.164 e. The van der Waals surface area contributed by atoms with Crippen LogP contribution in [-0.4, -0.2) is 14.8 Å². The summed E-state index contributed by atoms with van der Waals surface area (Å²) < 4.78 is 29.0. The molecule has 0 saturated carbocycles. The van der Waals surface area contributed by atoms with Gasteiger partial charge in [0.05, 0.1) is 4.47 Å². The van der Waals surface area contributed by atoms with Crippen molar-refractivity contribution in [3.05, 3.63) is 39.9 Å². The monoisotopic (exact) mass is 287 g/mol. The lowest BCUT2D eigenvalue weighted by molar-refractivity contribution is 0.561. The van der Waals surface area contributed by atoms with E-state index >= 15 is 0 Å². The second-order valence-electron chi connectivity index (χ2n) is 3.32. The van der Waals surface area contributed by atoms with Crippen LogP contribution >= 0.6 is 15.9 Å². The molecule has 0 unspecified atom stereocenters. The normalized spacial score (nSPS) is 10.8. The van der Waals surface area contributed by atoms with E-state index in [0.717, 1.165) is 0 Å². The fraction of sp³-hybridized carbons (Fsp3) is 0.200. The number of hydrogen-bond donors (Lipinski definition) is 0. The van der Waals surface area contributed by atoms with Crippen LogP contribution in [0.25, 0.3) is 5.69 Å². The summed E-state index contributed by atoms with van der Waals surface area (Å²) in [4.78, 5) is 0. The third-order valence-corrected chi connectivity index (χ3v) is 2.84. The zero-order chi connectivity index (χ0) is 11.9. The maximum absolute atomic E-state index is 13.8. The van der Waals surface area contributed by atoms with Gasteiger partial charge in [-0.25, -0.2) is 8.78 Å². The van der Waals surface area contributed by atoms with Crippen LogP contribution in [0.3, 0.4) is 0 Å². The highest BCUT2D eigenvalue weighted by atomic mass is 79.9. The van der Waals surface area contributed by atoms with Gasteiger partial charge in [-0.2, -0.15) is 0 Å². The molecule has 0 amide bonds. The molecule has 3 nitrogen and oxygen atoms in total. The molecule has 0 spiro atoms. The number of rotatable bonds is 1. The molecule has 2 aromatic rings. The topological polar surface area (TPSA) is 30.7 Å². The van der Waals surface area contributed by atoms with E-state index in [-0.39, 0.29) is 10.2 Å². The van der Waals surface area contributed by atoms with Crippen molar-refractivity contribution in [2.75, 3.05) is 0 Å². The Morgan fingerprint density at radius 2 is 1.69 bits per heavy atom. The van der Waals surface area contributed by atoms with E-state index in [1.807, 2.05) is 0 Å². The highest BCUT2D eigenvalue weighted by Crippen LogP contribution is 2.26. The minimum atomic E-state index is -0.661. The first-order valence-corrected chi connectivity index (χ1v) is 5.34. The number of hydrogen-bond acceptors (Lipinski definition) is 2. The third-order valence-electron chi connectivity index (χ3n) is 2.23. The van der Waals surface area contributed by atoms with E-state index in [9.17, 15) is 8.78 Å². The number of halogens is 3. The summed E-state index contributed by atoms with van der Waals surface area (Å²) in [7, 11) is 0. The van der Waals surface area contributed by atoms with Crippen molar-refractivity contribution in [2.45, 2.75) is 13.8 Å². The van der Waals surface area contributed by atoms with Crippen LogP contribution in [0, 0.1) is 25.5 Å². The van der Waals surface area contributed by atoms with Gasteiger partial charge in [-0.1, -0.05) is 0 Å². The Balaban J connectivity index is 2.78. The molecule has 0 aliphatic heterocycles. The van der Waals surface area contributed by atoms with Gasteiger partial charge in [0, 0.05) is 0 Å². The molecule has 0 fully saturated rings. The Hall–Kier alpha value is -1.30. The Morgan fingerprint density at radius 1 is 1.12 bits per heavy atom. The molecule has 6 heteroatoms. The van der Waals surface area contributed by atoms with Crippen molar-refractivity contribution >= 4 is 15.9 Å². The van der Waals surface area contributed by atoms with Crippen LogP contribution in [0.1, 0.15) is 11.6 Å². The first-order chi connectivity index (χ1) is 7.52. The Kier molecular flexibility index (Phi) is 2.75. The van der Waals surface area contributed by atoms with E-state index < -0.39 is 11.6 Å². The number of aromatic nitrogens is 3. The van der Waals surface area contributed by atoms with Gasteiger partial charge in [0.1, 0.15) is 23.2 Å². The fourth-order valence-corrected chi connectivity index (χ4v) is 1.83. The molecule has 1 aromatic carbocycles. The fourth-order valence-electron chi connectivity index (χ4n) is 1.51. The highest BCUT2D eigenvalue weighted by Gasteiger charge is 2.18. The van der Waals surface area contributed by atoms with Crippen LogP contribution in [0.15, 0.2) is 16.6 Å². The summed E-state index contributed by atoms with van der Waals surface area (Å²) in [5, 5.41) is 7.54. The Morgan fingerprint density at radius 3 is 2.25 bits per heavy atom. The number of benzene rings is 1. The average molecular weight is 288 g/mol. The van der Waals surface area contributed by atoms with Gasteiger partial charge in [0.15, 0.2) is 5.82 Å². The van der Waals surface area contributed by atoms with Crippen LogP contribution in [0.2, 0.25) is 0 Å². The van der Waals surface area contributed by atoms with Crippen LogP contribution in [0.5, 0.6) is 0 Å². The lowest BCUT2D eigenvalue weighted by Crippen LogP contribution is -2.06. The van der Waals surface area contributed by atoms with Crippen LogP contribution < -0.4 is 0 Å². The van der Waals surface area contributed by atoms with Crippen LogP contribution in [-0.2, 0) is 0 Å². The average Bonchev–Trinajstić information content (AvgIpc) is 2.56. The standard InChI is InChI=1S/C10H8BrF2N3/c1-5-14-15-6(2)16(5)10-8(12)4-3-7(11)9(10)13/h3-4H,1-2H3. The highest BCUT2D eigenvalue weighted by molar-refractivity contribution is 9.10. The van der Waals surface area contributed by atoms with Gasteiger partial charge in [-0.05, 0) is 41.9 Å². The van der Waals surface area contributed by atoms with Gasteiger partial charge < -0.3 is 0 Å². The van der Waals surface area contributed by atoms with Crippen LogP contribution in [0.4, 0.5) is 8.78 Å². The third kappa shape index (κ3) is 1.63. The van der Waals surface area contributed by atoms with Crippen molar-refractivity contribution in [1.82, 2.24) is 14.8 Å². The predicted molar refractivity (Wildman–Crippen MR) is 58.4 cm³/mol. The second-order valence-corrected chi connectivity index (χ2v) is 4.18. The molecule has 84 valence electrons. The van der Waals surface area contributed by atoms with Gasteiger partial charge in [0.2, 0.25) is 0 Å². The summed E-state index contributed by atoms with van der Waals surface area (Å²) >= 11 is 3.02. The van der Waals surface area contributed by atoms with Crippen molar-refractivity contribution in [1.29, 1.82) is 0 Å². The largest absolute Gasteiger partial charge is 0.278 e. The van der Waals surface area contributed by atoms with E-state index in [0.29, 0.717) is 11.6 Å². The molecule has 0 atom stereocenters. The van der Waals surface area contributed by atoms with Crippen molar-refractivity contribution in [2.24, 2.45) is 0 Å². The van der Waals surface area contributed by atoms with Crippen molar-refractivity contribution in [3.8, 4) is 5.69 Å². The van der Waals surface area contributed by atoms with Gasteiger partial charge in [0.25, 0.3) is 0 Å². The number of nitrogens with zero attached hydrogens (tertiary/aromatic N) is 3. The van der Waals surface area contributed by atoms with Gasteiger partial charge >= 0.3 is 0 Å². The van der Waals surface area contributed by atoms with E-state index in [4.69, 9.17) is 0 Å². The first-order valence-electron chi connectivity index (χ1n) is 4.55. The molecule has 0 bridgehead atoms. The lowest BCUT2D eigenvalue weighted by atomic mass is 10.2. The minimum Gasteiger partial charge on any atom is -0.278 e. The van der Waals surface area contributed by atoms with Gasteiger partial charge in [-0.15, -0.1) is 10.2 Å². The van der Waals surface area contributed by atoms with Gasteiger partial charge in [-0.3, -0.25) is 4.57 Å². The minimum absolute atomic E-state index is 0.158. The van der Waals surface area contributed by atoms with E-state index in [1.165, 1.54) is 16.7 Å². The molecule has 0 aliphatic rings. The molecule has 0 aliphatic carbocycles. The SMILES string of the molecule is Cc1nnc(C)n1-c1c(F)ccc(Br)c1F. The molecule has 0 radical (unpaired) electrons. The molecule has 1 aromatic heterocycles. The molecule has 2 rings (SSSR count). The van der Waals surface area contributed by atoms with E-state index in [2.05, 4.69) is 26.1 Å². The quantitative estimate of drug-likeness (QED) is 0.755. The summed E-state index contributed by atoms with van der Waals surface area (Å²) in [6.07, 6.45) is 0. The summed E-state index contributed by atoms with van der Waals surface area (Å²) in [6, 6.07) is 2.52. The molecule has 0 saturated heterocycles. The second kappa shape index (κ2) is 3.93. The molecular formula is C10H8BrF2N3. The zero-order valence-corrected chi connectivity index (χ0v) is 10.2. The van der Waals surface area contributed by atoms with Crippen molar-refractivity contribution < 1.29 is 8.78 Å². The lowest BCUT2D eigenvalue weighted by Gasteiger charge is -2.09. The molecule has 1 heterocycles. The summed E-state index contributed by atoms with van der Waals surface area (Å²) in [5.74, 6) is -0.431. The Bertz CT molecular complexity index is 532. The van der Waals surface area contributed by atoms with Crippen molar-refractivity contribution in [3.63, 3.8) is 0 Å². The molecule has 16 heavy (non-hydrogen) atoms. The zero-order valence-electron chi connectivity index (χ0n) is 8.63. The molecular weight excluding hydrogens is 280 g/mol. The maximum atomic E-state index is 13.8. The number of aryl methyl sites for hydroxylation is 2. The van der Waals surface area contributed by atoms with E-state index in [1.54, 1.807) is 13.8 Å². The summed E-state index contributed by atoms with van der Waals surface area (Å²) in [6.45, 7) is 3.28. The predicted octanol–water partition coefficient (Wildman–Crippen LogP) is 2.92. The maximum Gasteiger partial charge on any atom is 0.164 e. The first kappa shape index (κ1) is 11.2. The summed E-state index contributed by atoms with van der Waals surface area (Å²) in [5.41, 5.74) is -0.158. The Labute approximate surface area is 99.2 Å².